The smallest absolute Gasteiger partial charge is 0.411 e. The van der Waals surface area contributed by atoms with Gasteiger partial charge in [-0.25, -0.2) is 13.5 Å². The van der Waals surface area contributed by atoms with Crippen molar-refractivity contribution in [1.29, 1.82) is 0 Å². The molecule has 16 heteroatoms. The third-order valence-corrected chi connectivity index (χ3v) is 5.27. The van der Waals surface area contributed by atoms with Gasteiger partial charge in [-0.3, -0.25) is 4.21 Å². The number of benzene rings is 1. The predicted octanol–water partition coefficient (Wildman–Crippen LogP) is 5.52. The van der Waals surface area contributed by atoms with Crippen molar-refractivity contribution < 1.29 is 52.8 Å². The van der Waals surface area contributed by atoms with Gasteiger partial charge in [-0.15, -0.1) is 5.10 Å². The number of hydrogen-bond donors (Lipinski definition) is 0. The summed E-state index contributed by atoms with van der Waals surface area (Å²) in [6.07, 6.45) is -21.0. The van der Waals surface area contributed by atoms with E-state index >= 15 is 0 Å². The van der Waals surface area contributed by atoms with Gasteiger partial charge in [0.25, 0.3) is 6.17 Å². The molecule has 174 valence electrons. The van der Waals surface area contributed by atoms with Crippen LogP contribution < -0.4 is 4.74 Å². The van der Waals surface area contributed by atoms with E-state index in [1.165, 1.54) is 0 Å². The van der Waals surface area contributed by atoms with E-state index in [1.807, 2.05) is 0 Å². The molecule has 2 aromatic rings. The zero-order valence-electron chi connectivity index (χ0n) is 14.8. The molecule has 31 heavy (non-hydrogen) atoms. The molecule has 0 amide bonds. The summed E-state index contributed by atoms with van der Waals surface area (Å²) < 4.78 is 144. The highest BCUT2D eigenvalue weighted by atomic mass is 35.5. The lowest BCUT2D eigenvalue weighted by molar-refractivity contribution is -0.305. The second kappa shape index (κ2) is 8.48. The normalized spacial score (nSPS) is 15.1. The minimum absolute atomic E-state index is 0.152. The molecule has 0 bridgehead atoms. The molecule has 0 aliphatic rings. The number of rotatable bonds is 6. The lowest BCUT2D eigenvalue weighted by Gasteiger charge is -2.21. The van der Waals surface area contributed by atoms with Crippen LogP contribution in [0.1, 0.15) is 5.56 Å². The first-order valence-electron chi connectivity index (χ1n) is 7.71. The average molecular weight is 507 g/mol. The van der Waals surface area contributed by atoms with E-state index in [9.17, 15) is 48.1 Å². The molecule has 0 saturated carbocycles. The van der Waals surface area contributed by atoms with Crippen LogP contribution in [0, 0.1) is 12.7 Å². The Kier molecular flexibility index (Phi) is 6.91. The Labute approximate surface area is 174 Å². The van der Waals surface area contributed by atoms with Gasteiger partial charge in [0.15, 0.2) is 0 Å². The fourth-order valence-electron chi connectivity index (χ4n) is 2.21. The lowest BCUT2D eigenvalue weighted by Crippen LogP contribution is -2.45. The van der Waals surface area contributed by atoms with Crippen LogP contribution in [0.2, 0.25) is 5.15 Å². The van der Waals surface area contributed by atoms with Gasteiger partial charge in [0.2, 0.25) is 5.88 Å². The van der Waals surface area contributed by atoms with Gasteiger partial charge in [-0.05, 0) is 24.6 Å². The van der Waals surface area contributed by atoms with Crippen molar-refractivity contribution in [2.24, 2.45) is 0 Å². The van der Waals surface area contributed by atoms with Gasteiger partial charge < -0.3 is 4.74 Å². The molecule has 2 atom stereocenters. The van der Waals surface area contributed by atoms with Crippen LogP contribution in [0.25, 0.3) is 5.69 Å². The summed E-state index contributed by atoms with van der Waals surface area (Å²) in [4.78, 5) is -0.492. The highest BCUT2D eigenvalue weighted by molar-refractivity contribution is 7.85. The van der Waals surface area contributed by atoms with Crippen LogP contribution in [-0.4, -0.2) is 44.4 Å². The Bertz CT molecular complexity index is 989. The summed E-state index contributed by atoms with van der Waals surface area (Å²) in [5, 5.41) is 2.45. The largest absolute Gasteiger partial charge is 0.440 e. The molecular weight excluding hydrogens is 498 g/mol. The van der Waals surface area contributed by atoms with Crippen molar-refractivity contribution in [3.8, 4) is 11.6 Å². The standard InChI is InChI=1S/C15H9ClF10N2O2S/c1-6-2-7(17)8(3-9(6)31(29)5-13(19,20)21)28-10(16)4-11(27-28)30-15(25,26)12(18)14(22,23)24/h2-4,12H,5H2,1H3. The van der Waals surface area contributed by atoms with E-state index in [0.29, 0.717) is 18.2 Å². The number of halogens is 11. The molecule has 2 rings (SSSR count). The Morgan fingerprint density at radius 2 is 1.71 bits per heavy atom. The Hall–Kier alpha value is -2.03. The third kappa shape index (κ3) is 6.02. The molecule has 0 aliphatic carbocycles. The molecular formula is C15H9ClF10N2O2S. The van der Waals surface area contributed by atoms with Crippen molar-refractivity contribution in [2.75, 3.05) is 5.75 Å². The van der Waals surface area contributed by atoms with Crippen molar-refractivity contribution in [1.82, 2.24) is 9.78 Å². The summed E-state index contributed by atoms with van der Waals surface area (Å²) in [6, 6.07) is 1.69. The van der Waals surface area contributed by atoms with E-state index in [2.05, 4.69) is 9.84 Å². The summed E-state index contributed by atoms with van der Waals surface area (Å²) in [5.74, 6) is -4.33. The molecule has 0 fully saturated rings. The van der Waals surface area contributed by atoms with Crippen molar-refractivity contribution >= 4 is 22.4 Å². The van der Waals surface area contributed by atoms with Crippen LogP contribution in [0.4, 0.5) is 43.9 Å². The fraction of sp³-hybridized carbons (Fsp3) is 0.400. The van der Waals surface area contributed by atoms with Crippen LogP contribution in [0.15, 0.2) is 23.1 Å². The molecule has 1 aromatic heterocycles. The van der Waals surface area contributed by atoms with Crippen molar-refractivity contribution in [3.63, 3.8) is 0 Å². The molecule has 0 N–H and O–H groups in total. The monoisotopic (exact) mass is 506 g/mol. The SMILES string of the molecule is Cc1cc(F)c(-n2nc(OC(F)(F)C(F)C(F)(F)F)cc2Cl)cc1S(=O)CC(F)(F)F. The van der Waals surface area contributed by atoms with E-state index in [1.54, 1.807) is 0 Å². The molecule has 4 nitrogen and oxygen atoms in total. The van der Waals surface area contributed by atoms with E-state index in [4.69, 9.17) is 11.6 Å². The molecule has 1 aromatic carbocycles. The number of aryl methyl sites for hydroxylation is 1. The van der Waals surface area contributed by atoms with E-state index in [-0.39, 0.29) is 10.2 Å². The Morgan fingerprint density at radius 1 is 1.13 bits per heavy atom. The van der Waals surface area contributed by atoms with Crippen LogP contribution in [0.5, 0.6) is 5.88 Å². The van der Waals surface area contributed by atoms with E-state index < -0.39 is 68.6 Å². The van der Waals surface area contributed by atoms with E-state index in [0.717, 1.165) is 6.92 Å². The number of nitrogens with zero attached hydrogens (tertiary/aromatic N) is 2. The van der Waals surface area contributed by atoms with Crippen molar-refractivity contribution in [2.45, 2.75) is 36.5 Å². The Morgan fingerprint density at radius 3 is 2.23 bits per heavy atom. The lowest BCUT2D eigenvalue weighted by atomic mass is 10.2. The summed E-state index contributed by atoms with van der Waals surface area (Å²) in [6.45, 7) is 1.15. The minimum atomic E-state index is -5.98. The van der Waals surface area contributed by atoms with Crippen LogP contribution in [0.3, 0.4) is 0 Å². The number of hydrogen-bond acceptors (Lipinski definition) is 3. The van der Waals surface area contributed by atoms with Gasteiger partial charge in [0.1, 0.15) is 22.4 Å². The quantitative estimate of drug-likeness (QED) is 0.485. The molecule has 0 radical (unpaired) electrons. The number of aromatic nitrogens is 2. The summed E-state index contributed by atoms with van der Waals surface area (Å²) in [7, 11) is -2.69. The Balaban J connectivity index is 2.44. The zero-order chi connectivity index (χ0) is 23.9. The maximum absolute atomic E-state index is 14.3. The minimum Gasteiger partial charge on any atom is -0.411 e. The first-order valence-corrected chi connectivity index (χ1v) is 9.41. The van der Waals surface area contributed by atoms with Crippen molar-refractivity contribution in [3.05, 3.63) is 34.7 Å². The molecule has 0 aliphatic heterocycles. The topological polar surface area (TPSA) is 44.1 Å². The summed E-state index contributed by atoms with van der Waals surface area (Å²) >= 11 is 5.67. The van der Waals surface area contributed by atoms with Gasteiger partial charge in [0, 0.05) is 11.0 Å². The average Bonchev–Trinajstić information content (AvgIpc) is 2.91. The molecule has 0 spiro atoms. The van der Waals surface area contributed by atoms with Gasteiger partial charge >= 0.3 is 18.5 Å². The second-order valence-corrected chi connectivity index (χ2v) is 7.77. The molecule has 1 heterocycles. The first-order chi connectivity index (χ1) is 13.9. The van der Waals surface area contributed by atoms with Gasteiger partial charge in [0.05, 0.1) is 10.8 Å². The first kappa shape index (κ1) is 25.2. The maximum Gasteiger partial charge on any atom is 0.440 e. The van der Waals surface area contributed by atoms with Gasteiger partial charge in [-0.2, -0.15) is 35.1 Å². The molecule has 2 unspecified atom stereocenters. The summed E-state index contributed by atoms with van der Waals surface area (Å²) in [5.41, 5.74) is -0.924. The zero-order valence-corrected chi connectivity index (χ0v) is 16.4. The highest BCUT2D eigenvalue weighted by Gasteiger charge is 2.59. The highest BCUT2D eigenvalue weighted by Crippen LogP contribution is 2.37. The maximum atomic E-state index is 14.3. The van der Waals surface area contributed by atoms with Gasteiger partial charge in [-0.1, -0.05) is 11.6 Å². The van der Waals surface area contributed by atoms with Crippen LogP contribution in [-0.2, 0) is 10.8 Å². The number of ether oxygens (including phenoxy) is 1. The fourth-order valence-corrected chi connectivity index (χ4v) is 3.55. The second-order valence-electron chi connectivity index (χ2n) is 5.96. The third-order valence-electron chi connectivity index (χ3n) is 3.48. The molecule has 0 saturated heterocycles. The predicted molar refractivity (Wildman–Crippen MR) is 87.1 cm³/mol. The van der Waals surface area contributed by atoms with Crippen LogP contribution >= 0.6 is 11.6 Å². The number of alkyl halides is 9.